The Morgan fingerprint density at radius 2 is 2.14 bits per heavy atom. The lowest BCUT2D eigenvalue weighted by Crippen LogP contribution is -2.39. The lowest BCUT2D eigenvalue weighted by atomic mass is 10.3. The van der Waals surface area contributed by atoms with Crippen molar-refractivity contribution in [2.75, 3.05) is 0 Å². The van der Waals surface area contributed by atoms with Crippen molar-refractivity contribution in [2.45, 2.75) is 31.3 Å². The van der Waals surface area contributed by atoms with Crippen molar-refractivity contribution in [3.05, 3.63) is 24.4 Å². The Morgan fingerprint density at radius 3 is 2.71 bits per heavy atom. The second kappa shape index (κ2) is 4.52. The maximum absolute atomic E-state index is 10.8. The predicted molar refractivity (Wildman–Crippen MR) is 49.5 cm³/mol. The van der Waals surface area contributed by atoms with Crippen LogP contribution in [0.3, 0.4) is 0 Å². The molecule has 0 fully saturated rings. The maximum Gasteiger partial charge on any atom is 0.285 e. The van der Waals surface area contributed by atoms with Gasteiger partial charge in [0.15, 0.2) is 16.3 Å². The van der Waals surface area contributed by atoms with Gasteiger partial charge in [-0.2, -0.15) is 4.57 Å². The van der Waals surface area contributed by atoms with E-state index < -0.39 is 10.1 Å². The van der Waals surface area contributed by atoms with E-state index in [-0.39, 0.29) is 5.03 Å². The van der Waals surface area contributed by atoms with Gasteiger partial charge in [-0.25, -0.2) is 8.42 Å². The zero-order valence-electron chi connectivity index (χ0n) is 8.01. The number of nitrogens with zero attached hydrogens (tertiary/aromatic N) is 1. The molecule has 1 rings (SSSR count). The van der Waals surface area contributed by atoms with Gasteiger partial charge in [0.05, 0.1) is 0 Å². The van der Waals surface area contributed by atoms with E-state index in [2.05, 4.69) is 0 Å². The molecule has 0 saturated carbocycles. The first-order valence-electron chi connectivity index (χ1n) is 4.50. The Balaban J connectivity index is 3.04. The van der Waals surface area contributed by atoms with Gasteiger partial charge in [-0.1, -0.05) is 13.3 Å². The van der Waals surface area contributed by atoms with Gasteiger partial charge in [-0.3, -0.25) is 0 Å². The molecule has 0 aromatic carbocycles. The minimum atomic E-state index is -4.35. The first kappa shape index (κ1) is 11.1. The summed E-state index contributed by atoms with van der Waals surface area (Å²) in [6.07, 6.45) is 3.43. The summed E-state index contributed by atoms with van der Waals surface area (Å²) >= 11 is 0. The third kappa shape index (κ3) is 2.78. The van der Waals surface area contributed by atoms with Gasteiger partial charge in [0.2, 0.25) is 0 Å². The summed E-state index contributed by atoms with van der Waals surface area (Å²) in [5.74, 6) is 0. The lowest BCUT2D eigenvalue weighted by Gasteiger charge is -2.06. The summed E-state index contributed by atoms with van der Waals surface area (Å²) in [6.45, 7) is 2.57. The zero-order chi connectivity index (χ0) is 10.6. The largest absolute Gasteiger partial charge is 0.740 e. The molecule has 4 nitrogen and oxygen atoms in total. The lowest BCUT2D eigenvalue weighted by molar-refractivity contribution is -0.734. The Morgan fingerprint density at radius 1 is 1.43 bits per heavy atom. The highest BCUT2D eigenvalue weighted by molar-refractivity contribution is 7.85. The molecular formula is C9H13NO3S. The molecule has 0 aliphatic rings. The fourth-order valence-corrected chi connectivity index (χ4v) is 1.89. The molecular weight excluding hydrogens is 202 g/mol. The third-order valence-corrected chi connectivity index (χ3v) is 2.79. The van der Waals surface area contributed by atoms with E-state index in [0.717, 1.165) is 12.8 Å². The van der Waals surface area contributed by atoms with E-state index in [1.54, 1.807) is 18.3 Å². The van der Waals surface area contributed by atoms with Crippen molar-refractivity contribution in [3.63, 3.8) is 0 Å². The quantitative estimate of drug-likeness (QED) is 0.548. The number of aryl methyl sites for hydroxylation is 1. The van der Waals surface area contributed by atoms with Gasteiger partial charge in [-0.15, -0.1) is 0 Å². The smallest absolute Gasteiger partial charge is 0.285 e. The van der Waals surface area contributed by atoms with Crippen LogP contribution in [0.15, 0.2) is 29.4 Å². The van der Waals surface area contributed by atoms with Crippen LogP contribution in [0, 0.1) is 0 Å². The van der Waals surface area contributed by atoms with E-state index in [9.17, 15) is 13.0 Å². The second-order valence-corrected chi connectivity index (χ2v) is 4.37. The molecule has 0 bridgehead atoms. The minimum absolute atomic E-state index is 0.159. The van der Waals surface area contributed by atoms with Crippen molar-refractivity contribution in [2.24, 2.45) is 0 Å². The van der Waals surface area contributed by atoms with Crippen molar-refractivity contribution >= 4 is 10.1 Å². The molecule has 0 radical (unpaired) electrons. The number of aromatic nitrogens is 1. The Labute approximate surface area is 83.9 Å². The molecule has 0 saturated heterocycles. The molecule has 1 aromatic rings. The Kier molecular flexibility index (Phi) is 3.60. The summed E-state index contributed by atoms with van der Waals surface area (Å²) < 4.78 is 34.0. The van der Waals surface area contributed by atoms with Gasteiger partial charge in [0, 0.05) is 18.6 Å². The SMILES string of the molecule is CCCC[n+]1ccccc1S(=O)(=O)[O-]. The Hall–Kier alpha value is -0.940. The molecule has 78 valence electrons. The summed E-state index contributed by atoms with van der Waals surface area (Å²) in [6, 6.07) is 4.59. The van der Waals surface area contributed by atoms with Crippen molar-refractivity contribution in [3.8, 4) is 0 Å². The summed E-state index contributed by atoms with van der Waals surface area (Å²) in [5.41, 5.74) is 0. The number of unbranched alkanes of at least 4 members (excludes halogenated alkanes) is 1. The topological polar surface area (TPSA) is 61.1 Å². The van der Waals surface area contributed by atoms with Crippen LogP contribution < -0.4 is 4.57 Å². The van der Waals surface area contributed by atoms with E-state index in [1.807, 2.05) is 6.92 Å². The number of rotatable bonds is 4. The molecule has 0 unspecified atom stereocenters. The molecule has 1 aromatic heterocycles. The molecule has 0 aliphatic heterocycles. The van der Waals surface area contributed by atoms with Crippen LogP contribution in [0.25, 0.3) is 0 Å². The third-order valence-electron chi connectivity index (χ3n) is 1.91. The van der Waals surface area contributed by atoms with Crippen LogP contribution >= 0.6 is 0 Å². The summed E-state index contributed by atoms with van der Waals surface area (Å²) in [5, 5.41) is -0.159. The number of hydrogen-bond acceptors (Lipinski definition) is 3. The van der Waals surface area contributed by atoms with Crippen LogP contribution in [0.1, 0.15) is 19.8 Å². The fourth-order valence-electron chi connectivity index (χ4n) is 1.20. The molecule has 14 heavy (non-hydrogen) atoms. The van der Waals surface area contributed by atoms with Crippen molar-refractivity contribution in [1.29, 1.82) is 0 Å². The van der Waals surface area contributed by atoms with Gasteiger partial charge in [0.1, 0.15) is 6.54 Å². The van der Waals surface area contributed by atoms with E-state index in [4.69, 9.17) is 0 Å². The second-order valence-electron chi connectivity index (χ2n) is 3.04. The molecule has 5 heteroatoms. The van der Waals surface area contributed by atoms with Crippen LogP contribution in [0.4, 0.5) is 0 Å². The maximum atomic E-state index is 10.8. The minimum Gasteiger partial charge on any atom is -0.740 e. The number of hydrogen-bond donors (Lipinski definition) is 0. The molecule has 1 heterocycles. The van der Waals surface area contributed by atoms with Crippen LogP contribution in [0.2, 0.25) is 0 Å². The van der Waals surface area contributed by atoms with Gasteiger partial charge in [-0.05, 0) is 6.07 Å². The van der Waals surface area contributed by atoms with Crippen LogP contribution in [0.5, 0.6) is 0 Å². The van der Waals surface area contributed by atoms with Gasteiger partial charge < -0.3 is 4.55 Å². The standard InChI is InChI=1S/C9H13NO3S/c1-2-3-7-10-8-5-4-6-9(10)14(11,12)13/h4-6,8H,2-3,7H2,1H3. The van der Waals surface area contributed by atoms with Crippen LogP contribution in [-0.2, 0) is 16.7 Å². The normalized spacial score (nSPS) is 11.6. The van der Waals surface area contributed by atoms with Crippen molar-refractivity contribution < 1.29 is 17.5 Å². The first-order valence-corrected chi connectivity index (χ1v) is 5.91. The molecule has 0 spiro atoms. The zero-order valence-corrected chi connectivity index (χ0v) is 8.83. The first-order chi connectivity index (χ1) is 6.55. The van der Waals surface area contributed by atoms with Gasteiger partial charge in [0.25, 0.3) is 5.03 Å². The predicted octanol–water partition coefficient (Wildman–Crippen LogP) is 0.678. The fraction of sp³-hybridized carbons (Fsp3) is 0.444. The highest BCUT2D eigenvalue weighted by Crippen LogP contribution is 2.01. The number of pyridine rings is 1. The summed E-state index contributed by atoms with van der Waals surface area (Å²) in [7, 11) is -4.35. The highest BCUT2D eigenvalue weighted by atomic mass is 32.2. The highest BCUT2D eigenvalue weighted by Gasteiger charge is 2.14. The summed E-state index contributed by atoms with van der Waals surface area (Å²) in [4.78, 5) is 0. The Bertz CT molecular complexity index is 400. The molecule has 0 amide bonds. The van der Waals surface area contributed by atoms with E-state index >= 15 is 0 Å². The molecule has 0 N–H and O–H groups in total. The van der Waals surface area contributed by atoms with E-state index in [0.29, 0.717) is 6.54 Å². The monoisotopic (exact) mass is 215 g/mol. The van der Waals surface area contributed by atoms with Crippen molar-refractivity contribution in [1.82, 2.24) is 0 Å². The van der Waals surface area contributed by atoms with Gasteiger partial charge >= 0.3 is 0 Å². The van der Waals surface area contributed by atoms with E-state index in [1.165, 1.54) is 10.6 Å². The average molecular weight is 215 g/mol. The molecule has 0 aliphatic carbocycles. The molecule has 0 atom stereocenters. The average Bonchev–Trinajstić information content (AvgIpc) is 2.14. The van der Waals surface area contributed by atoms with Crippen LogP contribution in [-0.4, -0.2) is 13.0 Å².